The first-order chi connectivity index (χ1) is 9.69. The molecule has 0 radical (unpaired) electrons. The van der Waals surface area contributed by atoms with Gasteiger partial charge in [0.2, 0.25) is 0 Å². The zero-order chi connectivity index (χ0) is 14.1. The molecule has 2 aliphatic rings. The third kappa shape index (κ3) is 2.58. The van der Waals surface area contributed by atoms with Gasteiger partial charge < -0.3 is 20.5 Å². The average Bonchev–Trinajstić information content (AvgIpc) is 3.19. The molecule has 1 aliphatic carbocycles. The van der Waals surface area contributed by atoms with Crippen LogP contribution in [0.15, 0.2) is 18.2 Å². The second kappa shape index (κ2) is 5.32. The number of hydrogen-bond acceptors (Lipinski definition) is 4. The zero-order valence-electron chi connectivity index (χ0n) is 11.6. The molecule has 3 rings (SSSR count). The van der Waals surface area contributed by atoms with E-state index in [1.165, 1.54) is 20.0 Å². The summed E-state index contributed by atoms with van der Waals surface area (Å²) >= 11 is 0. The lowest BCUT2D eigenvalue weighted by Crippen LogP contribution is -2.41. The van der Waals surface area contributed by atoms with Crippen LogP contribution < -0.4 is 15.8 Å². The number of carbonyl (C=O) groups excluding carboxylic acids is 1. The molecule has 108 valence electrons. The van der Waals surface area contributed by atoms with Gasteiger partial charge in [0.05, 0.1) is 24.8 Å². The molecule has 1 saturated heterocycles. The molecule has 3 N–H and O–H groups in total. The van der Waals surface area contributed by atoms with Crippen molar-refractivity contribution in [2.24, 2.45) is 5.92 Å². The molecule has 0 bridgehead atoms. The number of rotatable bonds is 4. The molecule has 2 unspecified atom stereocenters. The van der Waals surface area contributed by atoms with Gasteiger partial charge in [-0.2, -0.15) is 0 Å². The highest BCUT2D eigenvalue weighted by Gasteiger charge is 2.41. The SMILES string of the molecule is COc1cc(N)ccc1C(=O)NC1CCOC1C1CC1. The van der Waals surface area contributed by atoms with Crippen LogP contribution in [0.4, 0.5) is 5.69 Å². The molecule has 2 atom stereocenters. The molecule has 1 aromatic carbocycles. The fourth-order valence-electron chi connectivity index (χ4n) is 2.80. The van der Waals surface area contributed by atoms with E-state index < -0.39 is 0 Å². The molecule has 5 heteroatoms. The van der Waals surface area contributed by atoms with Gasteiger partial charge in [-0.3, -0.25) is 4.79 Å². The average molecular weight is 276 g/mol. The number of carbonyl (C=O) groups is 1. The first kappa shape index (κ1) is 13.2. The summed E-state index contributed by atoms with van der Waals surface area (Å²) in [6, 6.07) is 5.18. The predicted molar refractivity (Wildman–Crippen MR) is 75.7 cm³/mol. The van der Waals surface area contributed by atoms with Crippen molar-refractivity contribution < 1.29 is 14.3 Å². The third-order valence-corrected chi connectivity index (χ3v) is 4.01. The fraction of sp³-hybridized carbons (Fsp3) is 0.533. The van der Waals surface area contributed by atoms with Crippen molar-refractivity contribution >= 4 is 11.6 Å². The first-order valence-corrected chi connectivity index (χ1v) is 7.05. The molecular formula is C15H20N2O3. The van der Waals surface area contributed by atoms with Gasteiger partial charge in [0.25, 0.3) is 5.91 Å². The predicted octanol–water partition coefficient (Wildman–Crippen LogP) is 1.57. The Labute approximate surface area is 118 Å². The van der Waals surface area contributed by atoms with E-state index >= 15 is 0 Å². The molecule has 1 aromatic rings. The van der Waals surface area contributed by atoms with Gasteiger partial charge in [0.1, 0.15) is 5.75 Å². The van der Waals surface area contributed by atoms with Gasteiger partial charge in [-0.05, 0) is 37.3 Å². The number of nitrogens with one attached hydrogen (secondary N) is 1. The highest BCUT2D eigenvalue weighted by Crippen LogP contribution is 2.38. The Balaban J connectivity index is 1.72. The van der Waals surface area contributed by atoms with Crippen LogP contribution in [-0.2, 0) is 4.74 Å². The number of hydrogen-bond donors (Lipinski definition) is 2. The largest absolute Gasteiger partial charge is 0.496 e. The van der Waals surface area contributed by atoms with Crippen LogP contribution in [0.5, 0.6) is 5.75 Å². The van der Waals surface area contributed by atoms with Crippen LogP contribution in [0, 0.1) is 5.92 Å². The fourth-order valence-corrected chi connectivity index (χ4v) is 2.80. The monoisotopic (exact) mass is 276 g/mol. The van der Waals surface area contributed by atoms with Crippen molar-refractivity contribution in [1.29, 1.82) is 0 Å². The lowest BCUT2D eigenvalue weighted by atomic mass is 10.1. The summed E-state index contributed by atoms with van der Waals surface area (Å²) in [7, 11) is 1.54. The number of methoxy groups -OCH3 is 1. The molecule has 0 spiro atoms. The smallest absolute Gasteiger partial charge is 0.255 e. The zero-order valence-corrected chi connectivity index (χ0v) is 11.6. The van der Waals surface area contributed by atoms with Gasteiger partial charge in [-0.1, -0.05) is 0 Å². The Hall–Kier alpha value is -1.75. The molecule has 0 aromatic heterocycles. The Morgan fingerprint density at radius 3 is 2.90 bits per heavy atom. The van der Waals surface area contributed by atoms with Crippen molar-refractivity contribution in [3.63, 3.8) is 0 Å². The number of anilines is 1. The maximum absolute atomic E-state index is 12.4. The molecule has 1 aliphatic heterocycles. The number of amides is 1. The minimum absolute atomic E-state index is 0.109. The molecule has 1 amide bonds. The van der Waals surface area contributed by atoms with E-state index in [2.05, 4.69) is 5.32 Å². The summed E-state index contributed by atoms with van der Waals surface area (Å²) < 4.78 is 11.0. The van der Waals surface area contributed by atoms with Crippen LogP contribution in [-0.4, -0.2) is 31.8 Å². The van der Waals surface area contributed by atoms with Gasteiger partial charge in [0.15, 0.2) is 0 Å². The van der Waals surface area contributed by atoms with E-state index in [1.807, 2.05) is 0 Å². The second-order valence-corrected chi connectivity index (χ2v) is 5.50. The highest BCUT2D eigenvalue weighted by atomic mass is 16.5. The summed E-state index contributed by atoms with van der Waals surface area (Å²) in [6.07, 6.45) is 3.48. The minimum Gasteiger partial charge on any atom is -0.496 e. The normalized spacial score (nSPS) is 25.4. The Morgan fingerprint density at radius 1 is 1.40 bits per heavy atom. The van der Waals surface area contributed by atoms with Crippen LogP contribution in [0.1, 0.15) is 29.6 Å². The highest BCUT2D eigenvalue weighted by molar-refractivity contribution is 5.97. The molecular weight excluding hydrogens is 256 g/mol. The van der Waals surface area contributed by atoms with Crippen molar-refractivity contribution in [3.8, 4) is 5.75 Å². The van der Waals surface area contributed by atoms with E-state index in [-0.39, 0.29) is 18.1 Å². The Bertz CT molecular complexity index is 514. The van der Waals surface area contributed by atoms with Gasteiger partial charge in [-0.15, -0.1) is 0 Å². The van der Waals surface area contributed by atoms with E-state index in [1.54, 1.807) is 18.2 Å². The lowest BCUT2D eigenvalue weighted by molar-refractivity contribution is 0.0728. The topological polar surface area (TPSA) is 73.6 Å². The second-order valence-electron chi connectivity index (χ2n) is 5.50. The van der Waals surface area contributed by atoms with Gasteiger partial charge >= 0.3 is 0 Å². The van der Waals surface area contributed by atoms with E-state index in [4.69, 9.17) is 15.2 Å². The van der Waals surface area contributed by atoms with Crippen molar-refractivity contribution in [2.75, 3.05) is 19.5 Å². The van der Waals surface area contributed by atoms with Crippen LogP contribution in [0.2, 0.25) is 0 Å². The number of benzene rings is 1. The summed E-state index contributed by atoms with van der Waals surface area (Å²) in [4.78, 5) is 12.4. The summed E-state index contributed by atoms with van der Waals surface area (Å²) in [6.45, 7) is 0.727. The van der Waals surface area contributed by atoms with Gasteiger partial charge in [0, 0.05) is 18.4 Å². The molecule has 2 fully saturated rings. The summed E-state index contributed by atoms with van der Waals surface area (Å²) in [5, 5.41) is 3.08. The molecule has 5 nitrogen and oxygen atoms in total. The van der Waals surface area contributed by atoms with Crippen LogP contribution >= 0.6 is 0 Å². The first-order valence-electron chi connectivity index (χ1n) is 7.05. The third-order valence-electron chi connectivity index (χ3n) is 4.01. The van der Waals surface area contributed by atoms with Crippen LogP contribution in [0.25, 0.3) is 0 Å². The van der Waals surface area contributed by atoms with E-state index in [0.717, 1.165) is 13.0 Å². The van der Waals surface area contributed by atoms with Crippen LogP contribution in [0.3, 0.4) is 0 Å². The van der Waals surface area contributed by atoms with E-state index in [0.29, 0.717) is 22.9 Å². The maximum atomic E-state index is 12.4. The van der Waals surface area contributed by atoms with Gasteiger partial charge in [-0.25, -0.2) is 0 Å². The quantitative estimate of drug-likeness (QED) is 0.819. The lowest BCUT2D eigenvalue weighted by Gasteiger charge is -2.20. The standard InChI is InChI=1S/C15H20N2O3/c1-19-13-8-10(16)4-5-11(13)15(18)17-12-6-7-20-14(12)9-2-3-9/h4-5,8-9,12,14H,2-3,6-7,16H2,1H3,(H,17,18). The minimum atomic E-state index is -0.122. The molecule has 1 heterocycles. The van der Waals surface area contributed by atoms with E-state index in [9.17, 15) is 4.79 Å². The number of nitrogen functional groups attached to an aromatic ring is 1. The van der Waals surface area contributed by atoms with Crippen molar-refractivity contribution in [2.45, 2.75) is 31.4 Å². The maximum Gasteiger partial charge on any atom is 0.255 e. The Kier molecular flexibility index (Phi) is 3.53. The molecule has 20 heavy (non-hydrogen) atoms. The number of nitrogens with two attached hydrogens (primary N) is 1. The summed E-state index contributed by atoms with van der Waals surface area (Å²) in [5.41, 5.74) is 6.80. The Morgan fingerprint density at radius 2 is 2.20 bits per heavy atom. The molecule has 1 saturated carbocycles. The van der Waals surface area contributed by atoms with Crippen molar-refractivity contribution in [1.82, 2.24) is 5.32 Å². The summed E-state index contributed by atoms with van der Waals surface area (Å²) in [5.74, 6) is 1.00. The van der Waals surface area contributed by atoms with Crippen molar-refractivity contribution in [3.05, 3.63) is 23.8 Å². The number of ether oxygens (including phenoxy) is 2.